The second kappa shape index (κ2) is 11.4. The van der Waals surface area contributed by atoms with Crippen LogP contribution in [0.1, 0.15) is 44.4 Å². The summed E-state index contributed by atoms with van der Waals surface area (Å²) in [6.45, 7) is 8.31. The van der Waals surface area contributed by atoms with Crippen molar-refractivity contribution in [2.24, 2.45) is 18.0 Å². The van der Waals surface area contributed by atoms with Crippen LogP contribution in [0.2, 0.25) is 0 Å². The Hall–Kier alpha value is -1.04. The Labute approximate surface area is 188 Å². The molecule has 1 unspecified atom stereocenters. The molecule has 0 saturated carbocycles. The Balaban J connectivity index is 0.00000420. The molecule has 29 heavy (non-hydrogen) atoms. The molecule has 1 saturated heterocycles. The Morgan fingerprint density at radius 2 is 2.10 bits per heavy atom. The molecule has 1 aromatic rings. The first-order valence-electron chi connectivity index (χ1n) is 9.90. The number of rotatable bonds is 7. The van der Waals surface area contributed by atoms with Gasteiger partial charge >= 0.3 is 6.18 Å². The molecule has 0 aromatic carbocycles. The van der Waals surface area contributed by atoms with Gasteiger partial charge in [0.25, 0.3) is 0 Å². The summed E-state index contributed by atoms with van der Waals surface area (Å²) >= 11 is 0. The van der Waals surface area contributed by atoms with E-state index in [1.807, 2.05) is 31.9 Å². The normalized spacial score (nSPS) is 18.2. The van der Waals surface area contributed by atoms with Crippen molar-refractivity contribution in [3.8, 4) is 0 Å². The van der Waals surface area contributed by atoms with Crippen molar-refractivity contribution in [2.45, 2.75) is 45.8 Å². The van der Waals surface area contributed by atoms with Gasteiger partial charge in [-0.3, -0.25) is 14.6 Å². The minimum Gasteiger partial charge on any atom is -0.357 e. The number of hydrogen-bond donors (Lipinski definition) is 1. The Kier molecular flexibility index (Phi) is 10.2. The molecule has 1 aliphatic rings. The first-order valence-corrected chi connectivity index (χ1v) is 9.90. The highest BCUT2D eigenvalue weighted by Crippen LogP contribution is 2.23. The SMILES string of the molecule is CCNC(=NCC1CCN(CC(F)(F)F)C1)N(C)Cc1cn(C)nc1C(C)C.I. The lowest BCUT2D eigenvalue weighted by atomic mass is 10.1. The van der Waals surface area contributed by atoms with Crippen LogP contribution in [0.25, 0.3) is 0 Å². The van der Waals surface area contributed by atoms with Crippen LogP contribution in [-0.4, -0.2) is 71.5 Å². The molecule has 1 N–H and O–H groups in total. The zero-order valence-corrected chi connectivity index (χ0v) is 20.3. The summed E-state index contributed by atoms with van der Waals surface area (Å²) < 4.78 is 39.5. The topological polar surface area (TPSA) is 48.7 Å². The van der Waals surface area contributed by atoms with E-state index in [1.54, 1.807) is 0 Å². The standard InChI is InChI=1S/C19H33F3N6.HI/c1-6-23-18(24-9-15-7-8-28(10-15)13-19(20,21)22)26(4)11-16-12-27(5)25-17(16)14(2)3;/h12,14-15H,6-11,13H2,1-5H3,(H,23,24);1H. The highest BCUT2D eigenvalue weighted by Gasteiger charge is 2.34. The van der Waals surface area contributed by atoms with Crippen LogP contribution in [0.3, 0.4) is 0 Å². The van der Waals surface area contributed by atoms with E-state index in [4.69, 9.17) is 4.99 Å². The first-order chi connectivity index (χ1) is 13.1. The number of nitrogens with one attached hydrogen (secondary N) is 1. The molecular weight excluding hydrogens is 496 g/mol. The summed E-state index contributed by atoms with van der Waals surface area (Å²) in [6.07, 6.45) is -1.35. The van der Waals surface area contributed by atoms with E-state index in [9.17, 15) is 13.2 Å². The molecule has 1 aromatic heterocycles. The van der Waals surface area contributed by atoms with Crippen LogP contribution in [0.15, 0.2) is 11.2 Å². The fourth-order valence-corrected chi connectivity index (χ4v) is 3.64. The van der Waals surface area contributed by atoms with Crippen molar-refractivity contribution >= 4 is 29.9 Å². The summed E-state index contributed by atoms with van der Waals surface area (Å²) in [7, 11) is 3.89. The van der Waals surface area contributed by atoms with Gasteiger partial charge in [-0.1, -0.05) is 13.8 Å². The van der Waals surface area contributed by atoms with Crippen molar-refractivity contribution < 1.29 is 13.2 Å². The van der Waals surface area contributed by atoms with Crippen LogP contribution in [0.4, 0.5) is 13.2 Å². The van der Waals surface area contributed by atoms with E-state index in [0.717, 1.165) is 30.2 Å². The third-order valence-electron chi connectivity index (χ3n) is 4.86. The number of guanidine groups is 1. The number of hydrogen-bond acceptors (Lipinski definition) is 3. The molecule has 0 spiro atoms. The van der Waals surface area contributed by atoms with Crippen molar-refractivity contribution in [3.05, 3.63) is 17.5 Å². The molecule has 2 heterocycles. The quantitative estimate of drug-likeness (QED) is 0.334. The Morgan fingerprint density at radius 1 is 1.41 bits per heavy atom. The molecule has 1 atom stereocenters. The first kappa shape index (κ1) is 26.0. The molecule has 0 bridgehead atoms. The van der Waals surface area contributed by atoms with Crippen LogP contribution in [-0.2, 0) is 13.6 Å². The molecule has 1 aliphatic heterocycles. The van der Waals surface area contributed by atoms with E-state index >= 15 is 0 Å². The third kappa shape index (κ3) is 8.31. The summed E-state index contributed by atoms with van der Waals surface area (Å²) in [5.74, 6) is 1.27. The molecule has 168 valence electrons. The maximum absolute atomic E-state index is 12.6. The minimum atomic E-state index is -4.13. The maximum atomic E-state index is 12.6. The number of alkyl halides is 3. The number of likely N-dealkylation sites (tertiary alicyclic amines) is 1. The van der Waals surface area contributed by atoms with Gasteiger partial charge in [0.05, 0.1) is 12.2 Å². The predicted octanol–water partition coefficient (Wildman–Crippen LogP) is 3.44. The fourth-order valence-electron chi connectivity index (χ4n) is 3.64. The van der Waals surface area contributed by atoms with Crippen LogP contribution in [0, 0.1) is 5.92 Å². The Morgan fingerprint density at radius 3 is 2.69 bits per heavy atom. The highest BCUT2D eigenvalue weighted by atomic mass is 127. The number of halogens is 4. The van der Waals surface area contributed by atoms with Crippen molar-refractivity contribution in [1.29, 1.82) is 0 Å². The van der Waals surface area contributed by atoms with E-state index in [-0.39, 0.29) is 29.9 Å². The molecular formula is C19H34F3IN6. The van der Waals surface area contributed by atoms with Gasteiger partial charge in [0, 0.05) is 52.0 Å². The van der Waals surface area contributed by atoms with Gasteiger partial charge in [-0.05, 0) is 31.7 Å². The zero-order valence-electron chi connectivity index (χ0n) is 18.0. The van der Waals surface area contributed by atoms with Crippen LogP contribution >= 0.6 is 24.0 Å². The van der Waals surface area contributed by atoms with Gasteiger partial charge in [-0.2, -0.15) is 18.3 Å². The summed E-state index contributed by atoms with van der Waals surface area (Å²) in [5, 5.41) is 7.83. The van der Waals surface area contributed by atoms with Gasteiger partial charge in [0.1, 0.15) is 0 Å². The van der Waals surface area contributed by atoms with E-state index in [0.29, 0.717) is 32.1 Å². The monoisotopic (exact) mass is 530 g/mol. The third-order valence-corrected chi connectivity index (χ3v) is 4.86. The van der Waals surface area contributed by atoms with Crippen LogP contribution in [0.5, 0.6) is 0 Å². The number of nitrogens with zero attached hydrogens (tertiary/aromatic N) is 5. The summed E-state index contributed by atoms with van der Waals surface area (Å²) in [4.78, 5) is 8.22. The van der Waals surface area contributed by atoms with Crippen molar-refractivity contribution in [3.63, 3.8) is 0 Å². The second-order valence-electron chi connectivity index (χ2n) is 7.92. The highest BCUT2D eigenvalue weighted by molar-refractivity contribution is 14.0. The number of aliphatic imine (C=N–C) groups is 1. The van der Waals surface area contributed by atoms with Gasteiger partial charge in [0.15, 0.2) is 5.96 Å². The van der Waals surface area contributed by atoms with Crippen molar-refractivity contribution in [2.75, 3.05) is 39.8 Å². The largest absolute Gasteiger partial charge is 0.401 e. The predicted molar refractivity (Wildman–Crippen MR) is 121 cm³/mol. The number of aromatic nitrogens is 2. The second-order valence-corrected chi connectivity index (χ2v) is 7.92. The van der Waals surface area contributed by atoms with E-state index in [2.05, 4.69) is 29.2 Å². The number of aryl methyl sites for hydroxylation is 1. The zero-order chi connectivity index (χ0) is 20.9. The lowest BCUT2D eigenvalue weighted by molar-refractivity contribution is -0.143. The van der Waals surface area contributed by atoms with Gasteiger partial charge < -0.3 is 10.2 Å². The van der Waals surface area contributed by atoms with E-state index < -0.39 is 12.7 Å². The van der Waals surface area contributed by atoms with Gasteiger partial charge in [0.2, 0.25) is 0 Å². The van der Waals surface area contributed by atoms with Gasteiger partial charge in [-0.25, -0.2) is 0 Å². The molecule has 6 nitrogen and oxygen atoms in total. The lowest BCUT2D eigenvalue weighted by Crippen LogP contribution is -2.39. The molecule has 10 heteroatoms. The van der Waals surface area contributed by atoms with Crippen LogP contribution < -0.4 is 5.32 Å². The van der Waals surface area contributed by atoms with E-state index in [1.165, 1.54) is 4.90 Å². The Bertz CT molecular complexity index is 659. The molecule has 0 amide bonds. The minimum absolute atomic E-state index is 0. The molecule has 1 fully saturated rings. The average Bonchev–Trinajstić information content (AvgIpc) is 3.16. The lowest BCUT2D eigenvalue weighted by Gasteiger charge is -2.23. The fraction of sp³-hybridized carbons (Fsp3) is 0.789. The van der Waals surface area contributed by atoms with Crippen molar-refractivity contribution in [1.82, 2.24) is 24.9 Å². The summed E-state index contributed by atoms with van der Waals surface area (Å²) in [5.41, 5.74) is 2.23. The maximum Gasteiger partial charge on any atom is 0.401 e. The average molecular weight is 530 g/mol. The summed E-state index contributed by atoms with van der Waals surface area (Å²) in [6, 6.07) is 0. The molecule has 0 radical (unpaired) electrons. The molecule has 2 rings (SSSR count). The smallest absolute Gasteiger partial charge is 0.357 e. The molecule has 0 aliphatic carbocycles. The van der Waals surface area contributed by atoms with Gasteiger partial charge in [-0.15, -0.1) is 24.0 Å².